The van der Waals surface area contributed by atoms with Gasteiger partial charge in [0.05, 0.1) is 12.2 Å². The van der Waals surface area contributed by atoms with Crippen LogP contribution in [0.4, 0.5) is 0 Å². The van der Waals surface area contributed by atoms with Gasteiger partial charge in [0.15, 0.2) is 0 Å². The summed E-state index contributed by atoms with van der Waals surface area (Å²) in [6.45, 7) is 5.02. The van der Waals surface area contributed by atoms with Gasteiger partial charge in [-0.2, -0.15) is 0 Å². The van der Waals surface area contributed by atoms with Gasteiger partial charge in [-0.15, -0.1) is 6.58 Å². The Bertz CT molecular complexity index is 690. The number of ether oxygens (including phenoxy) is 3. The molecule has 4 heteroatoms. The topological polar surface area (TPSA) is 48.1 Å². The van der Waals surface area contributed by atoms with Crippen molar-refractivity contribution in [3.8, 4) is 11.5 Å². The molecule has 23 heavy (non-hydrogen) atoms. The summed E-state index contributed by atoms with van der Waals surface area (Å²) in [4.78, 5) is 12.2. The number of hydrogen-bond acceptors (Lipinski definition) is 4. The molecule has 0 spiro atoms. The molecule has 4 nitrogen and oxygen atoms in total. The molecule has 1 atom stereocenters. The lowest BCUT2D eigenvalue weighted by Crippen LogP contribution is -2.10. The molecule has 1 fully saturated rings. The smallest absolute Gasteiger partial charge is 0.343 e. The first-order valence-corrected chi connectivity index (χ1v) is 7.51. The Morgan fingerprint density at radius 3 is 2.74 bits per heavy atom. The van der Waals surface area contributed by atoms with Crippen molar-refractivity contribution in [2.24, 2.45) is 0 Å². The standard InChI is InChI=1S/C19H18O4/c1-2-6-14-11-15(9-10-18(14)22-13-17-12-21-17)19(20)23-16-7-4-3-5-8-16/h2-5,7-11,17H,1,6,12-13H2. The lowest BCUT2D eigenvalue weighted by atomic mass is 10.1. The summed E-state index contributed by atoms with van der Waals surface area (Å²) in [5, 5.41) is 0. The SMILES string of the molecule is C=CCc1cc(C(=O)Oc2ccccc2)ccc1OCC1CO1. The number of para-hydroxylation sites is 1. The number of benzene rings is 2. The predicted molar refractivity (Wildman–Crippen MR) is 87.0 cm³/mol. The number of allylic oxidation sites excluding steroid dienone is 1. The van der Waals surface area contributed by atoms with Gasteiger partial charge in [0, 0.05) is 0 Å². The van der Waals surface area contributed by atoms with Crippen LogP contribution in [0.5, 0.6) is 11.5 Å². The highest BCUT2D eigenvalue weighted by molar-refractivity contribution is 5.91. The number of hydrogen-bond donors (Lipinski definition) is 0. The molecule has 2 aromatic rings. The molecule has 118 valence electrons. The Balaban J connectivity index is 1.74. The van der Waals surface area contributed by atoms with E-state index in [0.29, 0.717) is 24.3 Å². The average Bonchev–Trinajstić information content (AvgIpc) is 3.39. The molecular weight excluding hydrogens is 292 g/mol. The fourth-order valence-corrected chi connectivity index (χ4v) is 2.16. The first kappa shape index (κ1) is 15.3. The van der Waals surface area contributed by atoms with Gasteiger partial charge < -0.3 is 14.2 Å². The highest BCUT2D eigenvalue weighted by Gasteiger charge is 2.23. The van der Waals surface area contributed by atoms with Crippen molar-refractivity contribution in [3.63, 3.8) is 0 Å². The van der Waals surface area contributed by atoms with E-state index >= 15 is 0 Å². The Labute approximate surface area is 135 Å². The van der Waals surface area contributed by atoms with E-state index in [-0.39, 0.29) is 6.10 Å². The zero-order chi connectivity index (χ0) is 16.1. The Morgan fingerprint density at radius 1 is 1.26 bits per heavy atom. The van der Waals surface area contributed by atoms with Crippen LogP contribution in [-0.4, -0.2) is 25.3 Å². The van der Waals surface area contributed by atoms with Crippen molar-refractivity contribution in [2.75, 3.05) is 13.2 Å². The van der Waals surface area contributed by atoms with Crippen molar-refractivity contribution < 1.29 is 19.0 Å². The van der Waals surface area contributed by atoms with E-state index in [1.165, 1.54) is 0 Å². The molecule has 2 aromatic carbocycles. The zero-order valence-electron chi connectivity index (χ0n) is 12.7. The summed E-state index contributed by atoms with van der Waals surface area (Å²) in [6, 6.07) is 14.3. The maximum Gasteiger partial charge on any atom is 0.343 e. The Hall–Kier alpha value is -2.59. The number of epoxide rings is 1. The van der Waals surface area contributed by atoms with Crippen LogP contribution in [-0.2, 0) is 11.2 Å². The molecule has 1 aliphatic heterocycles. The van der Waals surface area contributed by atoms with Crippen molar-refractivity contribution in [1.29, 1.82) is 0 Å². The number of carbonyl (C=O) groups excluding carboxylic acids is 1. The van der Waals surface area contributed by atoms with Gasteiger partial charge in [-0.1, -0.05) is 24.3 Å². The highest BCUT2D eigenvalue weighted by Crippen LogP contribution is 2.24. The van der Waals surface area contributed by atoms with E-state index in [2.05, 4.69) is 6.58 Å². The molecular formula is C19H18O4. The van der Waals surface area contributed by atoms with E-state index < -0.39 is 5.97 Å². The minimum absolute atomic E-state index is 0.189. The monoisotopic (exact) mass is 310 g/mol. The molecule has 1 aliphatic rings. The van der Waals surface area contributed by atoms with Crippen molar-refractivity contribution >= 4 is 5.97 Å². The lowest BCUT2D eigenvalue weighted by molar-refractivity contribution is 0.0734. The third-order valence-corrected chi connectivity index (χ3v) is 3.44. The number of carbonyl (C=O) groups is 1. The van der Waals surface area contributed by atoms with Gasteiger partial charge in [0.1, 0.15) is 24.2 Å². The van der Waals surface area contributed by atoms with E-state index in [1.54, 1.807) is 36.4 Å². The van der Waals surface area contributed by atoms with Crippen molar-refractivity contribution in [3.05, 3.63) is 72.3 Å². The van der Waals surface area contributed by atoms with Crippen LogP contribution >= 0.6 is 0 Å². The van der Waals surface area contributed by atoms with E-state index in [0.717, 1.165) is 17.9 Å². The molecule has 0 aliphatic carbocycles. The predicted octanol–water partition coefficient (Wildman–Crippen LogP) is 3.41. The quantitative estimate of drug-likeness (QED) is 0.340. The Kier molecular flexibility index (Phi) is 4.74. The number of esters is 1. The van der Waals surface area contributed by atoms with E-state index in [9.17, 15) is 4.79 Å². The highest BCUT2D eigenvalue weighted by atomic mass is 16.6. The number of rotatable bonds is 7. The second-order valence-electron chi connectivity index (χ2n) is 5.28. The van der Waals surface area contributed by atoms with Gasteiger partial charge in [-0.3, -0.25) is 0 Å². The first-order chi connectivity index (χ1) is 11.3. The molecule has 0 amide bonds. The van der Waals surface area contributed by atoms with Crippen molar-refractivity contribution in [1.82, 2.24) is 0 Å². The van der Waals surface area contributed by atoms with Gasteiger partial charge in [0.2, 0.25) is 0 Å². The maximum atomic E-state index is 12.2. The van der Waals surface area contributed by atoms with Crippen LogP contribution in [0.25, 0.3) is 0 Å². The van der Waals surface area contributed by atoms with Gasteiger partial charge in [-0.25, -0.2) is 4.79 Å². The molecule has 1 heterocycles. The average molecular weight is 310 g/mol. The summed E-state index contributed by atoms with van der Waals surface area (Å²) in [5.41, 5.74) is 1.39. The van der Waals surface area contributed by atoms with Crippen LogP contribution < -0.4 is 9.47 Å². The first-order valence-electron chi connectivity index (χ1n) is 7.51. The third-order valence-electron chi connectivity index (χ3n) is 3.44. The van der Waals surface area contributed by atoms with Crippen molar-refractivity contribution in [2.45, 2.75) is 12.5 Å². The second kappa shape index (κ2) is 7.11. The normalized spacial score (nSPS) is 15.7. The van der Waals surface area contributed by atoms with Gasteiger partial charge in [-0.05, 0) is 42.3 Å². The maximum absolute atomic E-state index is 12.2. The molecule has 3 rings (SSSR count). The van der Waals surface area contributed by atoms with Crippen LogP contribution in [0.1, 0.15) is 15.9 Å². The van der Waals surface area contributed by atoms with Crippen LogP contribution in [0.15, 0.2) is 61.2 Å². The van der Waals surface area contributed by atoms with Gasteiger partial charge >= 0.3 is 5.97 Å². The van der Waals surface area contributed by atoms with Crippen LogP contribution in [0.2, 0.25) is 0 Å². The molecule has 1 unspecified atom stereocenters. The fraction of sp³-hybridized carbons (Fsp3) is 0.211. The minimum Gasteiger partial charge on any atom is -0.490 e. The summed E-state index contributed by atoms with van der Waals surface area (Å²) in [6.07, 6.45) is 2.59. The molecule has 0 saturated carbocycles. The summed E-state index contributed by atoms with van der Waals surface area (Å²) in [5.74, 6) is 0.879. The van der Waals surface area contributed by atoms with Crippen LogP contribution in [0, 0.1) is 0 Å². The molecule has 0 radical (unpaired) electrons. The zero-order valence-corrected chi connectivity index (χ0v) is 12.7. The van der Waals surface area contributed by atoms with E-state index in [4.69, 9.17) is 14.2 Å². The molecule has 1 saturated heterocycles. The fourth-order valence-electron chi connectivity index (χ4n) is 2.16. The third kappa shape index (κ3) is 4.20. The van der Waals surface area contributed by atoms with Crippen LogP contribution in [0.3, 0.4) is 0 Å². The largest absolute Gasteiger partial charge is 0.490 e. The van der Waals surface area contributed by atoms with E-state index in [1.807, 2.05) is 18.2 Å². The summed E-state index contributed by atoms with van der Waals surface area (Å²) in [7, 11) is 0. The molecule has 0 N–H and O–H groups in total. The minimum atomic E-state index is -0.390. The lowest BCUT2D eigenvalue weighted by Gasteiger charge is -2.11. The molecule has 0 bridgehead atoms. The summed E-state index contributed by atoms with van der Waals surface area (Å²) < 4.78 is 16.2. The van der Waals surface area contributed by atoms with Gasteiger partial charge in [0.25, 0.3) is 0 Å². The second-order valence-corrected chi connectivity index (χ2v) is 5.28. The summed E-state index contributed by atoms with van der Waals surface area (Å²) >= 11 is 0. The molecule has 0 aromatic heterocycles. The Morgan fingerprint density at radius 2 is 2.04 bits per heavy atom.